The average Bonchev–Trinajstić information content (AvgIpc) is 3.49. The number of anilines is 1. The Bertz CT molecular complexity index is 1110. The quantitative estimate of drug-likeness (QED) is 0.582. The number of carbonyl (C=O) groups is 1. The van der Waals surface area contributed by atoms with Crippen molar-refractivity contribution in [2.45, 2.75) is 24.7 Å². The van der Waals surface area contributed by atoms with Crippen molar-refractivity contribution < 1.29 is 26.9 Å². The van der Waals surface area contributed by atoms with Crippen LogP contribution in [-0.4, -0.2) is 51.1 Å². The highest BCUT2D eigenvalue weighted by molar-refractivity contribution is 7.18. The smallest absolute Gasteiger partial charge is 0.341 e. The van der Waals surface area contributed by atoms with Crippen LogP contribution in [0.5, 0.6) is 0 Å². The van der Waals surface area contributed by atoms with Gasteiger partial charge >= 0.3 is 12.1 Å². The first-order chi connectivity index (χ1) is 14.3. The molecular formula is C18H13F4N5O2S. The number of thiazole rings is 1. The molecule has 1 amide bonds. The summed E-state index contributed by atoms with van der Waals surface area (Å²) in [6.45, 7) is 0.936. The van der Waals surface area contributed by atoms with Crippen LogP contribution in [0.15, 0.2) is 35.0 Å². The third-order valence-corrected chi connectivity index (χ3v) is 6.26. The topological polar surface area (TPSA) is 75.4 Å². The van der Waals surface area contributed by atoms with E-state index < -0.39 is 17.9 Å². The highest BCUT2D eigenvalue weighted by Crippen LogP contribution is 2.39. The number of amides is 1. The number of likely N-dealkylation sites (tertiary alicyclic amines) is 1. The number of carbonyl (C=O) groups excluding carboxylic acids is 1. The van der Waals surface area contributed by atoms with E-state index in [1.807, 2.05) is 4.90 Å². The maximum atomic E-state index is 14.0. The van der Waals surface area contributed by atoms with Crippen LogP contribution in [-0.2, 0) is 6.18 Å². The second kappa shape index (κ2) is 6.76. The van der Waals surface area contributed by atoms with Crippen LogP contribution < -0.4 is 4.90 Å². The molecule has 7 nitrogen and oxygen atoms in total. The third kappa shape index (κ3) is 3.11. The van der Waals surface area contributed by atoms with Crippen molar-refractivity contribution in [2.24, 2.45) is 0 Å². The van der Waals surface area contributed by atoms with Crippen molar-refractivity contribution in [3.05, 3.63) is 47.7 Å². The van der Waals surface area contributed by atoms with Crippen LogP contribution in [0.2, 0.25) is 0 Å². The summed E-state index contributed by atoms with van der Waals surface area (Å²) < 4.78 is 56.2. The Labute approximate surface area is 170 Å². The molecule has 2 bridgehead atoms. The van der Waals surface area contributed by atoms with Crippen LogP contribution in [0.25, 0.3) is 10.7 Å². The molecule has 0 saturated carbocycles. The summed E-state index contributed by atoms with van der Waals surface area (Å²) in [4.78, 5) is 24.4. The fraction of sp³-hybridized carbons (Fsp3) is 0.333. The molecule has 30 heavy (non-hydrogen) atoms. The van der Waals surface area contributed by atoms with Gasteiger partial charge in [0, 0.05) is 13.1 Å². The number of alkyl halides is 3. The van der Waals surface area contributed by atoms with E-state index in [-0.39, 0.29) is 29.4 Å². The number of rotatable bonds is 3. The summed E-state index contributed by atoms with van der Waals surface area (Å²) in [7, 11) is 0. The standard InChI is InChI=1S/C18H13F4N5O2S/c19-12-4-2-1-3-11(12)15(28)26-7-10-5-9(26)8-27(10)17-23-6-13(30-17)14-24-16(29-25-14)18(20,21)22/h1-4,6,9-10H,5,7-8H2. The fourth-order valence-electron chi connectivity index (χ4n) is 3.88. The lowest BCUT2D eigenvalue weighted by molar-refractivity contribution is -0.159. The minimum Gasteiger partial charge on any atom is -0.341 e. The van der Waals surface area contributed by atoms with Crippen LogP contribution in [0.1, 0.15) is 22.7 Å². The third-order valence-electron chi connectivity index (χ3n) is 5.23. The molecule has 2 aliphatic heterocycles. The lowest BCUT2D eigenvalue weighted by atomic mass is 10.1. The fourth-order valence-corrected chi connectivity index (χ4v) is 4.80. The van der Waals surface area contributed by atoms with E-state index in [0.29, 0.717) is 23.1 Å². The van der Waals surface area contributed by atoms with Crippen LogP contribution in [0.4, 0.5) is 22.7 Å². The number of benzene rings is 1. The van der Waals surface area contributed by atoms with Crippen LogP contribution in [0.3, 0.4) is 0 Å². The molecular weight excluding hydrogens is 426 g/mol. The number of fused-ring (bicyclic) bond motifs is 2. The van der Waals surface area contributed by atoms with Gasteiger partial charge in [-0.1, -0.05) is 28.6 Å². The monoisotopic (exact) mass is 439 g/mol. The number of piperazine rings is 1. The van der Waals surface area contributed by atoms with Crippen molar-refractivity contribution in [2.75, 3.05) is 18.0 Å². The molecule has 0 aliphatic carbocycles. The van der Waals surface area contributed by atoms with Gasteiger partial charge in [-0.2, -0.15) is 18.2 Å². The van der Waals surface area contributed by atoms with E-state index in [1.165, 1.54) is 24.4 Å². The molecule has 2 fully saturated rings. The van der Waals surface area contributed by atoms with Crippen molar-refractivity contribution in [3.8, 4) is 10.7 Å². The van der Waals surface area contributed by atoms with Crippen molar-refractivity contribution in [1.82, 2.24) is 20.0 Å². The van der Waals surface area contributed by atoms with Gasteiger partial charge in [0.2, 0.25) is 5.82 Å². The number of aromatic nitrogens is 3. The summed E-state index contributed by atoms with van der Waals surface area (Å²) in [6, 6.07) is 5.79. The Morgan fingerprint density at radius 3 is 2.67 bits per heavy atom. The molecule has 0 N–H and O–H groups in total. The number of nitrogens with zero attached hydrogens (tertiary/aromatic N) is 5. The molecule has 2 atom stereocenters. The second-order valence-electron chi connectivity index (χ2n) is 7.06. The predicted molar refractivity (Wildman–Crippen MR) is 97.4 cm³/mol. The Kier molecular flexibility index (Phi) is 4.27. The first-order valence-corrected chi connectivity index (χ1v) is 9.82. The summed E-state index contributed by atoms with van der Waals surface area (Å²) in [6.07, 6.45) is -2.59. The first-order valence-electron chi connectivity index (χ1n) is 9.00. The van der Waals surface area contributed by atoms with Crippen LogP contribution in [0, 0.1) is 5.82 Å². The van der Waals surface area contributed by atoms with Gasteiger partial charge in [0.15, 0.2) is 5.13 Å². The summed E-state index contributed by atoms with van der Waals surface area (Å²) in [5.74, 6) is -2.47. The van der Waals surface area contributed by atoms with E-state index in [1.54, 1.807) is 11.0 Å². The van der Waals surface area contributed by atoms with Crippen molar-refractivity contribution >= 4 is 22.4 Å². The Balaban J connectivity index is 1.31. The molecule has 2 aliphatic rings. The average molecular weight is 439 g/mol. The lowest BCUT2D eigenvalue weighted by Crippen LogP contribution is -2.49. The molecule has 1 aromatic carbocycles. The number of hydrogen-bond donors (Lipinski definition) is 0. The molecule has 0 radical (unpaired) electrons. The molecule has 156 valence electrons. The van der Waals surface area contributed by atoms with Gasteiger partial charge < -0.3 is 14.3 Å². The molecule has 5 rings (SSSR count). The zero-order valence-electron chi connectivity index (χ0n) is 15.1. The normalized spacial score (nSPS) is 20.9. The molecule has 4 heterocycles. The van der Waals surface area contributed by atoms with E-state index in [9.17, 15) is 22.4 Å². The Morgan fingerprint density at radius 1 is 1.20 bits per heavy atom. The first kappa shape index (κ1) is 19.0. The Morgan fingerprint density at radius 2 is 2.00 bits per heavy atom. The van der Waals surface area contributed by atoms with E-state index in [4.69, 9.17) is 0 Å². The van der Waals surface area contributed by atoms with Gasteiger partial charge in [0.1, 0.15) is 5.82 Å². The molecule has 2 aromatic heterocycles. The number of halogens is 4. The minimum absolute atomic E-state index is 0.000674. The largest absolute Gasteiger partial charge is 0.471 e. The van der Waals surface area contributed by atoms with Crippen molar-refractivity contribution in [3.63, 3.8) is 0 Å². The summed E-state index contributed by atoms with van der Waals surface area (Å²) in [5.41, 5.74) is 0.0470. The highest BCUT2D eigenvalue weighted by Gasteiger charge is 2.46. The van der Waals surface area contributed by atoms with Gasteiger partial charge in [0.25, 0.3) is 5.91 Å². The predicted octanol–water partition coefficient (Wildman–Crippen LogP) is 3.45. The van der Waals surface area contributed by atoms with E-state index >= 15 is 0 Å². The summed E-state index contributed by atoms with van der Waals surface area (Å²) in [5, 5.41) is 3.98. The van der Waals surface area contributed by atoms with Gasteiger partial charge in [-0.05, 0) is 18.6 Å². The van der Waals surface area contributed by atoms with Gasteiger partial charge in [-0.15, -0.1) is 0 Å². The second-order valence-corrected chi connectivity index (χ2v) is 8.07. The molecule has 12 heteroatoms. The minimum atomic E-state index is -4.71. The van der Waals surface area contributed by atoms with Crippen molar-refractivity contribution in [1.29, 1.82) is 0 Å². The number of hydrogen-bond acceptors (Lipinski definition) is 7. The zero-order valence-corrected chi connectivity index (χ0v) is 16.0. The lowest BCUT2D eigenvalue weighted by Gasteiger charge is -2.34. The maximum absolute atomic E-state index is 14.0. The Hall–Kier alpha value is -3.02. The van der Waals surface area contributed by atoms with E-state index in [2.05, 4.69) is 19.6 Å². The summed E-state index contributed by atoms with van der Waals surface area (Å²) >= 11 is 1.15. The zero-order chi connectivity index (χ0) is 21.0. The maximum Gasteiger partial charge on any atom is 0.471 e. The molecule has 3 aromatic rings. The SMILES string of the molecule is O=C(c1ccccc1F)N1CC2CC1CN2c1ncc(-c2noc(C(F)(F)F)n2)s1. The molecule has 0 spiro atoms. The van der Waals surface area contributed by atoms with Gasteiger partial charge in [0.05, 0.1) is 28.7 Å². The van der Waals surface area contributed by atoms with Gasteiger partial charge in [-0.3, -0.25) is 4.79 Å². The molecule has 2 unspecified atom stereocenters. The van der Waals surface area contributed by atoms with Crippen LogP contribution >= 0.6 is 11.3 Å². The van der Waals surface area contributed by atoms with E-state index in [0.717, 1.165) is 17.8 Å². The highest BCUT2D eigenvalue weighted by atomic mass is 32.1. The molecule has 2 saturated heterocycles. The van der Waals surface area contributed by atoms with Gasteiger partial charge in [-0.25, -0.2) is 9.37 Å².